The topological polar surface area (TPSA) is 38.9 Å². The quantitative estimate of drug-likeness (QED) is 0.931. The van der Waals surface area contributed by atoms with E-state index in [0.717, 1.165) is 33.6 Å². The second-order valence-electron chi connectivity index (χ2n) is 4.14. The summed E-state index contributed by atoms with van der Waals surface area (Å²) < 4.78 is 1.09. The number of aromatic nitrogens is 1. The Kier molecular flexibility index (Phi) is 4.31. The lowest BCUT2D eigenvalue weighted by Gasteiger charge is -2.01. The molecule has 2 rings (SSSR count). The Labute approximate surface area is 114 Å². The molecule has 0 saturated carbocycles. The summed E-state index contributed by atoms with van der Waals surface area (Å²) in [6, 6.07) is 8.40. The zero-order valence-electron chi connectivity index (χ0n) is 9.69. The molecular formula is C13H15BrN2S. The van der Waals surface area contributed by atoms with Gasteiger partial charge in [0.15, 0.2) is 0 Å². The second-order valence-corrected chi connectivity index (χ2v) is 5.85. The van der Waals surface area contributed by atoms with E-state index >= 15 is 0 Å². The van der Waals surface area contributed by atoms with Crippen LogP contribution in [0.15, 0.2) is 34.1 Å². The number of hydrogen-bond acceptors (Lipinski definition) is 3. The normalized spacial score (nSPS) is 12.6. The Morgan fingerprint density at radius 3 is 2.88 bits per heavy atom. The first-order valence-electron chi connectivity index (χ1n) is 5.61. The number of hydrogen-bond donors (Lipinski definition) is 1. The molecule has 1 unspecified atom stereocenters. The van der Waals surface area contributed by atoms with Gasteiger partial charge in [0.2, 0.25) is 0 Å². The first-order chi connectivity index (χ1) is 8.16. The molecule has 1 heterocycles. The van der Waals surface area contributed by atoms with Gasteiger partial charge in [0.25, 0.3) is 0 Å². The summed E-state index contributed by atoms with van der Waals surface area (Å²) in [7, 11) is 0. The zero-order chi connectivity index (χ0) is 12.3. The molecule has 0 saturated heterocycles. The van der Waals surface area contributed by atoms with Crippen LogP contribution in [0.1, 0.15) is 19.0 Å². The predicted octanol–water partition coefficient (Wildman–Crippen LogP) is 3.85. The summed E-state index contributed by atoms with van der Waals surface area (Å²) in [6.07, 6.45) is 1.94. The first kappa shape index (κ1) is 12.7. The molecule has 0 aliphatic heterocycles. The van der Waals surface area contributed by atoms with E-state index in [2.05, 4.69) is 32.4 Å². The third-order valence-corrected chi connectivity index (χ3v) is 4.13. The molecule has 0 fully saturated rings. The van der Waals surface area contributed by atoms with Gasteiger partial charge in [0.05, 0.1) is 5.69 Å². The van der Waals surface area contributed by atoms with Gasteiger partial charge in [-0.15, -0.1) is 11.3 Å². The smallest absolute Gasteiger partial charge is 0.124 e. The van der Waals surface area contributed by atoms with E-state index in [4.69, 9.17) is 5.73 Å². The molecule has 1 atom stereocenters. The van der Waals surface area contributed by atoms with Crippen molar-refractivity contribution in [3.63, 3.8) is 0 Å². The van der Waals surface area contributed by atoms with Crippen molar-refractivity contribution >= 4 is 27.3 Å². The fourth-order valence-corrected chi connectivity index (χ4v) is 3.05. The minimum absolute atomic E-state index is 0.239. The molecule has 2 nitrogen and oxygen atoms in total. The Hall–Kier alpha value is -0.710. The van der Waals surface area contributed by atoms with Crippen molar-refractivity contribution in [2.45, 2.75) is 25.8 Å². The SMILES string of the molecule is CC(N)CCc1csc(-c2ccccc2Br)n1. The average molecular weight is 311 g/mol. The van der Waals surface area contributed by atoms with Gasteiger partial charge in [0.1, 0.15) is 5.01 Å². The maximum Gasteiger partial charge on any atom is 0.124 e. The van der Waals surface area contributed by atoms with Crippen LogP contribution < -0.4 is 5.73 Å². The highest BCUT2D eigenvalue weighted by atomic mass is 79.9. The van der Waals surface area contributed by atoms with E-state index in [9.17, 15) is 0 Å². The maximum absolute atomic E-state index is 5.75. The minimum atomic E-state index is 0.239. The standard InChI is InChI=1S/C13H15BrN2S/c1-9(15)6-7-10-8-17-13(16-10)11-4-2-3-5-12(11)14/h2-5,8-9H,6-7,15H2,1H3. The summed E-state index contributed by atoms with van der Waals surface area (Å²) in [5.74, 6) is 0. The fourth-order valence-electron chi connectivity index (χ4n) is 1.56. The minimum Gasteiger partial charge on any atom is -0.328 e. The van der Waals surface area contributed by atoms with Gasteiger partial charge in [-0.1, -0.05) is 34.1 Å². The van der Waals surface area contributed by atoms with Crippen molar-refractivity contribution in [3.05, 3.63) is 39.8 Å². The molecule has 0 amide bonds. The van der Waals surface area contributed by atoms with Crippen LogP contribution in [0, 0.1) is 0 Å². The number of nitrogens with two attached hydrogens (primary N) is 1. The highest BCUT2D eigenvalue weighted by molar-refractivity contribution is 9.10. The Bertz CT molecular complexity index is 494. The molecule has 1 aromatic carbocycles. The van der Waals surface area contributed by atoms with Crippen molar-refractivity contribution in [3.8, 4) is 10.6 Å². The summed E-state index contributed by atoms with van der Waals surface area (Å²) >= 11 is 5.24. The molecule has 90 valence electrons. The van der Waals surface area contributed by atoms with E-state index < -0.39 is 0 Å². The zero-order valence-corrected chi connectivity index (χ0v) is 12.1. The van der Waals surface area contributed by atoms with Gasteiger partial charge in [-0.05, 0) is 25.8 Å². The van der Waals surface area contributed by atoms with E-state index in [1.165, 1.54) is 0 Å². The lowest BCUT2D eigenvalue weighted by molar-refractivity contribution is 0.660. The fraction of sp³-hybridized carbons (Fsp3) is 0.308. The third kappa shape index (κ3) is 3.37. The molecule has 0 spiro atoms. The molecule has 1 aromatic heterocycles. The van der Waals surface area contributed by atoms with Gasteiger partial charge < -0.3 is 5.73 Å². The van der Waals surface area contributed by atoms with E-state index in [0.29, 0.717) is 0 Å². The lowest BCUT2D eigenvalue weighted by Crippen LogP contribution is -2.15. The average Bonchev–Trinajstić information content (AvgIpc) is 2.75. The molecule has 2 N–H and O–H groups in total. The van der Waals surface area contributed by atoms with Crippen LogP contribution in [0.3, 0.4) is 0 Å². The predicted molar refractivity (Wildman–Crippen MR) is 77.2 cm³/mol. The third-order valence-electron chi connectivity index (χ3n) is 2.51. The van der Waals surface area contributed by atoms with Crippen LogP contribution in [0.5, 0.6) is 0 Å². The Morgan fingerprint density at radius 1 is 1.41 bits per heavy atom. The number of thiazole rings is 1. The molecule has 0 bridgehead atoms. The number of aryl methyl sites for hydroxylation is 1. The van der Waals surface area contributed by atoms with E-state index in [1.807, 2.05) is 25.1 Å². The van der Waals surface area contributed by atoms with Gasteiger partial charge >= 0.3 is 0 Å². The van der Waals surface area contributed by atoms with Crippen molar-refractivity contribution < 1.29 is 0 Å². The summed E-state index contributed by atoms with van der Waals surface area (Å²) in [6.45, 7) is 2.03. The van der Waals surface area contributed by atoms with Crippen LogP contribution in [0.2, 0.25) is 0 Å². The van der Waals surface area contributed by atoms with Gasteiger partial charge in [-0.2, -0.15) is 0 Å². The van der Waals surface area contributed by atoms with Crippen LogP contribution in [0.25, 0.3) is 10.6 Å². The lowest BCUT2D eigenvalue weighted by atomic mass is 10.1. The number of rotatable bonds is 4. The molecule has 0 radical (unpaired) electrons. The van der Waals surface area contributed by atoms with E-state index in [1.54, 1.807) is 11.3 Å². The van der Waals surface area contributed by atoms with Crippen molar-refractivity contribution in [1.29, 1.82) is 0 Å². The monoisotopic (exact) mass is 310 g/mol. The molecule has 0 aliphatic rings. The summed E-state index contributed by atoms with van der Waals surface area (Å²) in [5.41, 5.74) is 8.04. The number of benzene rings is 1. The van der Waals surface area contributed by atoms with Crippen molar-refractivity contribution in [2.75, 3.05) is 0 Å². The molecule has 2 aromatic rings. The Balaban J connectivity index is 2.16. The van der Waals surface area contributed by atoms with Gasteiger partial charge in [-0.25, -0.2) is 4.98 Å². The Morgan fingerprint density at radius 2 is 2.18 bits per heavy atom. The van der Waals surface area contributed by atoms with Crippen molar-refractivity contribution in [1.82, 2.24) is 4.98 Å². The summed E-state index contributed by atoms with van der Waals surface area (Å²) in [4.78, 5) is 4.65. The molecule has 0 aliphatic carbocycles. The molecule has 17 heavy (non-hydrogen) atoms. The van der Waals surface area contributed by atoms with Crippen LogP contribution in [-0.2, 0) is 6.42 Å². The number of halogens is 1. The van der Waals surface area contributed by atoms with Gasteiger partial charge in [0, 0.05) is 21.5 Å². The second kappa shape index (κ2) is 5.76. The number of nitrogens with zero attached hydrogens (tertiary/aromatic N) is 1. The van der Waals surface area contributed by atoms with Crippen LogP contribution in [0.4, 0.5) is 0 Å². The summed E-state index contributed by atoms with van der Waals surface area (Å²) in [5, 5.41) is 3.19. The van der Waals surface area contributed by atoms with Crippen LogP contribution >= 0.6 is 27.3 Å². The highest BCUT2D eigenvalue weighted by Gasteiger charge is 2.08. The first-order valence-corrected chi connectivity index (χ1v) is 7.29. The maximum atomic E-state index is 5.75. The van der Waals surface area contributed by atoms with Gasteiger partial charge in [-0.3, -0.25) is 0 Å². The van der Waals surface area contributed by atoms with E-state index in [-0.39, 0.29) is 6.04 Å². The molecular weight excluding hydrogens is 296 g/mol. The molecule has 4 heteroatoms. The highest BCUT2D eigenvalue weighted by Crippen LogP contribution is 2.30. The largest absolute Gasteiger partial charge is 0.328 e. The van der Waals surface area contributed by atoms with Crippen LogP contribution in [-0.4, -0.2) is 11.0 Å². The van der Waals surface area contributed by atoms with Crippen molar-refractivity contribution in [2.24, 2.45) is 5.73 Å².